The Balaban J connectivity index is 1.75. The molecular formula is C22H27N3O2S. The molecule has 3 atom stereocenters. The van der Waals surface area contributed by atoms with Crippen LogP contribution >= 0.6 is 11.3 Å². The van der Waals surface area contributed by atoms with E-state index in [1.54, 1.807) is 11.3 Å². The molecule has 6 heteroatoms. The summed E-state index contributed by atoms with van der Waals surface area (Å²) in [4.78, 5) is 26.4. The van der Waals surface area contributed by atoms with Gasteiger partial charge in [0.05, 0.1) is 15.8 Å². The molecule has 0 radical (unpaired) electrons. The van der Waals surface area contributed by atoms with Crippen LogP contribution in [0.3, 0.4) is 0 Å². The lowest BCUT2D eigenvalue weighted by Crippen LogP contribution is -2.46. The van der Waals surface area contributed by atoms with Gasteiger partial charge in [-0.15, -0.1) is 11.3 Å². The Morgan fingerprint density at radius 2 is 2.07 bits per heavy atom. The van der Waals surface area contributed by atoms with Crippen molar-refractivity contribution in [2.45, 2.75) is 65.0 Å². The first-order chi connectivity index (χ1) is 13.5. The minimum absolute atomic E-state index is 0.0888. The first-order valence-corrected chi connectivity index (χ1v) is 11.0. The number of fused-ring (bicyclic) bond motifs is 3. The number of benzene rings is 1. The number of hydrogen-bond donors (Lipinski definition) is 1. The van der Waals surface area contributed by atoms with Crippen LogP contribution in [-0.2, 0) is 4.79 Å². The van der Waals surface area contributed by atoms with E-state index in [-0.39, 0.29) is 17.5 Å². The summed E-state index contributed by atoms with van der Waals surface area (Å²) in [5.41, 5.74) is 0.629. The third kappa shape index (κ3) is 3.24. The quantitative estimate of drug-likeness (QED) is 0.702. The average Bonchev–Trinajstić information content (AvgIpc) is 3.08. The van der Waals surface area contributed by atoms with Crippen molar-refractivity contribution in [1.29, 1.82) is 0 Å². The second-order valence-corrected chi connectivity index (χ2v) is 8.99. The van der Waals surface area contributed by atoms with Gasteiger partial charge in [-0.3, -0.25) is 9.59 Å². The van der Waals surface area contributed by atoms with Crippen molar-refractivity contribution in [3.05, 3.63) is 40.3 Å². The van der Waals surface area contributed by atoms with Crippen molar-refractivity contribution in [3.8, 4) is 0 Å². The molecule has 1 aliphatic rings. The molecule has 0 spiro atoms. The fourth-order valence-corrected chi connectivity index (χ4v) is 5.50. The summed E-state index contributed by atoms with van der Waals surface area (Å²) in [6.07, 6.45) is 5.07. The average molecular weight is 398 g/mol. The molecule has 1 N–H and O–H groups in total. The highest BCUT2D eigenvalue weighted by Crippen LogP contribution is 2.33. The first-order valence-electron chi connectivity index (χ1n) is 10.2. The van der Waals surface area contributed by atoms with Gasteiger partial charge in [0.2, 0.25) is 5.91 Å². The van der Waals surface area contributed by atoms with Crippen molar-refractivity contribution in [1.82, 2.24) is 15.1 Å². The number of carbonyl (C=O) groups is 1. The number of amides is 1. The Labute approximate surface area is 168 Å². The van der Waals surface area contributed by atoms with Crippen molar-refractivity contribution < 1.29 is 4.79 Å². The van der Waals surface area contributed by atoms with Crippen LogP contribution in [0.4, 0.5) is 0 Å². The van der Waals surface area contributed by atoms with Gasteiger partial charge in [0.25, 0.3) is 5.56 Å². The molecule has 2 heterocycles. The Hall–Kier alpha value is -2.21. The summed E-state index contributed by atoms with van der Waals surface area (Å²) in [6.45, 7) is 6.05. The van der Waals surface area contributed by atoms with Gasteiger partial charge >= 0.3 is 0 Å². The highest BCUT2D eigenvalue weighted by Gasteiger charge is 2.28. The van der Waals surface area contributed by atoms with Crippen LogP contribution in [0.5, 0.6) is 0 Å². The maximum atomic E-state index is 13.3. The van der Waals surface area contributed by atoms with Crippen LogP contribution in [0.1, 0.15) is 57.7 Å². The van der Waals surface area contributed by atoms with Crippen LogP contribution in [0.25, 0.3) is 20.2 Å². The number of nitrogens with zero attached hydrogens (tertiary/aromatic N) is 2. The highest BCUT2D eigenvalue weighted by atomic mass is 32.1. The van der Waals surface area contributed by atoms with E-state index in [1.165, 1.54) is 11.1 Å². The number of thiophene rings is 1. The van der Waals surface area contributed by atoms with E-state index in [0.29, 0.717) is 17.7 Å². The van der Waals surface area contributed by atoms with Crippen LogP contribution in [-0.4, -0.2) is 21.7 Å². The van der Waals surface area contributed by atoms with Gasteiger partial charge in [-0.25, -0.2) is 4.68 Å². The predicted octanol–water partition coefficient (Wildman–Crippen LogP) is 4.57. The number of hydrogen-bond acceptors (Lipinski definition) is 4. The predicted molar refractivity (Wildman–Crippen MR) is 115 cm³/mol. The third-order valence-electron chi connectivity index (χ3n) is 6.03. The zero-order valence-corrected chi connectivity index (χ0v) is 17.5. The molecule has 1 aromatic carbocycles. The lowest BCUT2D eigenvalue weighted by molar-refractivity contribution is -0.126. The standard InChI is InChI=1S/C22H27N3O2S/c1-4-17(21(26)23-16-11-7-5-9-13(16)2)25-22(27)19-15-10-6-8-12-18(15)28-20(19)14(3)24-25/h6,8,10,12-13,16-17H,4-5,7,9,11H2,1-3H3,(H,23,26)/t13-,16-,17-/m1/s1. The van der Waals surface area contributed by atoms with Crippen molar-refractivity contribution in [2.75, 3.05) is 0 Å². The number of aryl methyl sites for hydroxylation is 1. The van der Waals surface area contributed by atoms with E-state index in [2.05, 4.69) is 17.3 Å². The number of rotatable bonds is 4. The summed E-state index contributed by atoms with van der Waals surface area (Å²) >= 11 is 1.59. The minimum atomic E-state index is -0.580. The molecule has 1 aliphatic carbocycles. The molecule has 4 rings (SSSR count). The summed E-state index contributed by atoms with van der Waals surface area (Å²) in [7, 11) is 0. The van der Waals surface area contributed by atoms with Gasteiger partial charge in [-0.2, -0.15) is 5.10 Å². The summed E-state index contributed by atoms with van der Waals surface area (Å²) in [5, 5.41) is 9.39. The zero-order chi connectivity index (χ0) is 19.8. The molecule has 0 unspecified atom stereocenters. The fourth-order valence-electron chi connectivity index (χ4n) is 4.37. The molecule has 1 fully saturated rings. The Morgan fingerprint density at radius 1 is 1.32 bits per heavy atom. The lowest BCUT2D eigenvalue weighted by Gasteiger charge is -2.31. The molecule has 0 aliphatic heterocycles. The maximum Gasteiger partial charge on any atom is 0.276 e. The second kappa shape index (κ2) is 7.66. The Bertz CT molecular complexity index is 1080. The topological polar surface area (TPSA) is 64.0 Å². The van der Waals surface area contributed by atoms with Gasteiger partial charge in [0.15, 0.2) is 0 Å². The molecule has 148 valence electrons. The summed E-state index contributed by atoms with van der Waals surface area (Å²) < 4.78 is 3.41. The van der Waals surface area contributed by atoms with Crippen molar-refractivity contribution in [2.24, 2.45) is 5.92 Å². The summed E-state index contributed by atoms with van der Waals surface area (Å²) in [6, 6.07) is 7.54. The second-order valence-electron chi connectivity index (χ2n) is 7.94. The highest BCUT2D eigenvalue weighted by molar-refractivity contribution is 7.26. The molecular weight excluding hydrogens is 370 g/mol. The Morgan fingerprint density at radius 3 is 2.82 bits per heavy atom. The third-order valence-corrected chi connectivity index (χ3v) is 7.31. The van der Waals surface area contributed by atoms with Crippen LogP contribution in [0, 0.1) is 12.8 Å². The normalized spacial score (nSPS) is 21.1. The van der Waals surface area contributed by atoms with Crippen LogP contribution < -0.4 is 10.9 Å². The molecule has 0 saturated heterocycles. The minimum Gasteiger partial charge on any atom is -0.351 e. The van der Waals surface area contributed by atoms with Crippen LogP contribution in [0.15, 0.2) is 29.1 Å². The fraction of sp³-hybridized carbons (Fsp3) is 0.500. The molecule has 1 amide bonds. The van der Waals surface area contributed by atoms with Crippen LogP contribution in [0.2, 0.25) is 0 Å². The summed E-state index contributed by atoms with van der Waals surface area (Å²) in [5.74, 6) is 0.388. The smallest absolute Gasteiger partial charge is 0.276 e. The number of carbonyl (C=O) groups excluding carboxylic acids is 1. The van der Waals surface area contributed by atoms with Gasteiger partial charge in [-0.05, 0) is 38.2 Å². The molecule has 1 saturated carbocycles. The van der Waals surface area contributed by atoms with E-state index in [0.717, 1.165) is 39.7 Å². The molecule has 0 bridgehead atoms. The molecule has 5 nitrogen and oxygen atoms in total. The maximum absolute atomic E-state index is 13.3. The van der Waals surface area contributed by atoms with Crippen molar-refractivity contribution >= 4 is 37.4 Å². The lowest BCUT2D eigenvalue weighted by atomic mass is 9.86. The molecule has 28 heavy (non-hydrogen) atoms. The zero-order valence-electron chi connectivity index (χ0n) is 16.7. The number of nitrogens with one attached hydrogen (secondary N) is 1. The van der Waals surface area contributed by atoms with Gasteiger partial charge in [0, 0.05) is 16.1 Å². The van der Waals surface area contributed by atoms with E-state index in [1.807, 2.05) is 38.1 Å². The van der Waals surface area contributed by atoms with Gasteiger partial charge in [0.1, 0.15) is 6.04 Å². The largest absolute Gasteiger partial charge is 0.351 e. The van der Waals surface area contributed by atoms with Crippen molar-refractivity contribution in [3.63, 3.8) is 0 Å². The van der Waals surface area contributed by atoms with E-state index >= 15 is 0 Å². The number of aromatic nitrogens is 2. The van der Waals surface area contributed by atoms with Gasteiger partial charge < -0.3 is 5.32 Å². The molecule has 3 aromatic rings. The van der Waals surface area contributed by atoms with E-state index < -0.39 is 6.04 Å². The van der Waals surface area contributed by atoms with E-state index in [9.17, 15) is 9.59 Å². The van der Waals surface area contributed by atoms with Gasteiger partial charge in [-0.1, -0.05) is 44.9 Å². The first kappa shape index (κ1) is 19.1. The van der Waals surface area contributed by atoms with E-state index in [4.69, 9.17) is 0 Å². The monoisotopic (exact) mass is 397 g/mol. The Kier molecular flexibility index (Phi) is 5.23. The molecule has 2 aromatic heterocycles. The SMILES string of the molecule is CC[C@H](C(=O)N[C@@H]1CCCC[C@H]1C)n1nc(C)c2sc3ccccc3c2c1=O.